The Bertz CT molecular complexity index is 1180. The van der Waals surface area contributed by atoms with Gasteiger partial charge in [-0.05, 0) is 82.8 Å². The van der Waals surface area contributed by atoms with E-state index in [2.05, 4.69) is 101 Å². The standard InChI is InChI=1S/C29H28/c1-19-9-5-6-10-23(19)26-17-21(14-13-20(26)2)22-15-16-25-24-11-7-8-12-27(24)29(3,4)28(25)18-22/h5-12,15-18H,13-14H2,1-4H3. The van der Waals surface area contributed by atoms with Crippen LogP contribution >= 0.6 is 0 Å². The van der Waals surface area contributed by atoms with Crippen LogP contribution in [0, 0.1) is 6.92 Å². The Kier molecular flexibility index (Phi) is 4.13. The summed E-state index contributed by atoms with van der Waals surface area (Å²) in [5, 5.41) is 0. The summed E-state index contributed by atoms with van der Waals surface area (Å²) in [6.07, 6.45) is 4.70. The summed E-state index contributed by atoms with van der Waals surface area (Å²) in [6, 6.07) is 24.8. The first-order chi connectivity index (χ1) is 14.0. The summed E-state index contributed by atoms with van der Waals surface area (Å²) >= 11 is 0. The average molecular weight is 377 g/mol. The molecule has 0 radical (unpaired) electrons. The van der Waals surface area contributed by atoms with Crippen LogP contribution in [0.15, 0.2) is 78.4 Å². The number of aryl methyl sites for hydroxylation is 1. The number of benzene rings is 3. The zero-order valence-electron chi connectivity index (χ0n) is 17.8. The first-order valence-electron chi connectivity index (χ1n) is 10.7. The number of rotatable bonds is 2. The van der Waals surface area contributed by atoms with Crippen LogP contribution < -0.4 is 0 Å². The van der Waals surface area contributed by atoms with E-state index in [1.165, 1.54) is 55.7 Å². The third-order valence-electron chi connectivity index (χ3n) is 6.94. The monoisotopic (exact) mass is 376 g/mol. The minimum Gasteiger partial charge on any atom is -0.0651 e. The highest BCUT2D eigenvalue weighted by molar-refractivity contribution is 5.90. The van der Waals surface area contributed by atoms with Crippen LogP contribution in [0.4, 0.5) is 0 Å². The molecule has 29 heavy (non-hydrogen) atoms. The lowest BCUT2D eigenvalue weighted by Gasteiger charge is -2.24. The van der Waals surface area contributed by atoms with Crippen LogP contribution in [-0.4, -0.2) is 0 Å². The van der Waals surface area contributed by atoms with Crippen molar-refractivity contribution in [2.24, 2.45) is 0 Å². The van der Waals surface area contributed by atoms with Crippen molar-refractivity contribution in [3.8, 4) is 11.1 Å². The fourth-order valence-corrected chi connectivity index (χ4v) is 5.14. The van der Waals surface area contributed by atoms with Crippen LogP contribution in [0.3, 0.4) is 0 Å². The van der Waals surface area contributed by atoms with Crippen LogP contribution in [0.25, 0.3) is 22.3 Å². The predicted octanol–water partition coefficient (Wildman–Crippen LogP) is 7.95. The van der Waals surface area contributed by atoms with Crippen LogP contribution in [0.5, 0.6) is 0 Å². The molecule has 0 atom stereocenters. The topological polar surface area (TPSA) is 0 Å². The van der Waals surface area contributed by atoms with Gasteiger partial charge in [0, 0.05) is 5.41 Å². The second kappa shape index (κ2) is 6.59. The highest BCUT2D eigenvalue weighted by atomic mass is 14.4. The van der Waals surface area contributed by atoms with Crippen molar-refractivity contribution in [3.63, 3.8) is 0 Å². The summed E-state index contributed by atoms with van der Waals surface area (Å²) in [5.74, 6) is 0. The maximum absolute atomic E-state index is 2.46. The maximum atomic E-state index is 2.46. The van der Waals surface area contributed by atoms with Crippen LogP contribution in [0.2, 0.25) is 0 Å². The van der Waals surface area contributed by atoms with E-state index in [1.54, 1.807) is 0 Å². The lowest BCUT2D eigenvalue weighted by molar-refractivity contribution is 0.660. The molecule has 0 unspecified atom stereocenters. The number of fused-ring (bicyclic) bond motifs is 3. The molecule has 0 fully saturated rings. The molecule has 0 spiro atoms. The van der Waals surface area contributed by atoms with Crippen LogP contribution in [0.1, 0.15) is 61.4 Å². The molecule has 2 aliphatic carbocycles. The first kappa shape index (κ1) is 18.2. The molecular weight excluding hydrogens is 348 g/mol. The molecular formula is C29H28. The molecule has 2 aliphatic rings. The second-order valence-electron chi connectivity index (χ2n) is 9.11. The van der Waals surface area contributed by atoms with E-state index < -0.39 is 0 Å². The van der Waals surface area contributed by atoms with Crippen molar-refractivity contribution in [3.05, 3.63) is 106 Å². The lowest BCUT2D eigenvalue weighted by atomic mass is 9.80. The highest BCUT2D eigenvalue weighted by Crippen LogP contribution is 2.49. The van der Waals surface area contributed by atoms with Gasteiger partial charge in [-0.15, -0.1) is 0 Å². The van der Waals surface area contributed by atoms with Crippen molar-refractivity contribution in [1.82, 2.24) is 0 Å². The summed E-state index contributed by atoms with van der Waals surface area (Å²) in [6.45, 7) is 9.23. The van der Waals surface area contributed by atoms with E-state index in [0.717, 1.165) is 12.8 Å². The van der Waals surface area contributed by atoms with Crippen molar-refractivity contribution >= 4 is 11.1 Å². The van der Waals surface area contributed by atoms with Gasteiger partial charge < -0.3 is 0 Å². The molecule has 3 aromatic carbocycles. The molecule has 0 heteroatoms. The van der Waals surface area contributed by atoms with Gasteiger partial charge in [0.15, 0.2) is 0 Å². The zero-order chi connectivity index (χ0) is 20.2. The second-order valence-corrected chi connectivity index (χ2v) is 9.11. The fourth-order valence-electron chi connectivity index (χ4n) is 5.14. The average Bonchev–Trinajstić information content (AvgIpc) is 2.96. The summed E-state index contributed by atoms with van der Waals surface area (Å²) in [5.41, 5.74) is 14.2. The van der Waals surface area contributed by atoms with Crippen LogP contribution in [-0.2, 0) is 5.41 Å². The van der Waals surface area contributed by atoms with Crippen molar-refractivity contribution < 1.29 is 0 Å². The summed E-state index contributed by atoms with van der Waals surface area (Å²) < 4.78 is 0. The van der Waals surface area contributed by atoms with E-state index in [4.69, 9.17) is 0 Å². The van der Waals surface area contributed by atoms with Gasteiger partial charge in [0.05, 0.1) is 0 Å². The molecule has 5 rings (SSSR count). The maximum Gasteiger partial charge on any atom is 0.0159 e. The molecule has 3 aromatic rings. The number of hydrogen-bond acceptors (Lipinski definition) is 0. The third-order valence-corrected chi connectivity index (χ3v) is 6.94. The largest absolute Gasteiger partial charge is 0.0651 e. The van der Waals surface area contributed by atoms with Gasteiger partial charge in [-0.2, -0.15) is 0 Å². The Morgan fingerprint density at radius 1 is 0.690 bits per heavy atom. The third kappa shape index (κ3) is 2.82. The lowest BCUT2D eigenvalue weighted by Crippen LogP contribution is -2.15. The molecule has 0 N–H and O–H groups in total. The van der Waals surface area contributed by atoms with Crippen molar-refractivity contribution in [2.75, 3.05) is 0 Å². The van der Waals surface area contributed by atoms with Gasteiger partial charge in [0.1, 0.15) is 0 Å². The summed E-state index contributed by atoms with van der Waals surface area (Å²) in [4.78, 5) is 0. The molecule has 0 aromatic heterocycles. The van der Waals surface area contributed by atoms with E-state index in [0.29, 0.717) is 0 Å². The van der Waals surface area contributed by atoms with E-state index in [1.807, 2.05) is 0 Å². The first-order valence-corrected chi connectivity index (χ1v) is 10.7. The van der Waals surface area contributed by atoms with Gasteiger partial charge >= 0.3 is 0 Å². The predicted molar refractivity (Wildman–Crippen MR) is 125 cm³/mol. The Balaban J connectivity index is 1.61. The molecule has 0 aliphatic heterocycles. The minimum atomic E-state index is 0.0573. The molecule has 144 valence electrons. The smallest absolute Gasteiger partial charge is 0.0159 e. The van der Waals surface area contributed by atoms with E-state index >= 15 is 0 Å². The van der Waals surface area contributed by atoms with Crippen molar-refractivity contribution in [2.45, 2.75) is 46.0 Å². The van der Waals surface area contributed by atoms with Crippen molar-refractivity contribution in [1.29, 1.82) is 0 Å². The number of hydrogen-bond donors (Lipinski definition) is 0. The molecule has 0 nitrogen and oxygen atoms in total. The van der Waals surface area contributed by atoms with E-state index in [-0.39, 0.29) is 5.41 Å². The van der Waals surface area contributed by atoms with Gasteiger partial charge in [-0.3, -0.25) is 0 Å². The SMILES string of the molecule is CC1=C(c2ccccc2C)C=C(c2ccc3c(c2)C(C)(C)c2ccccc2-3)CC1. The minimum absolute atomic E-state index is 0.0573. The van der Waals surface area contributed by atoms with Gasteiger partial charge in [0.25, 0.3) is 0 Å². The van der Waals surface area contributed by atoms with Gasteiger partial charge in [-0.1, -0.05) is 86.2 Å². The molecule has 0 saturated carbocycles. The molecule has 0 amide bonds. The zero-order valence-corrected chi connectivity index (χ0v) is 17.8. The fraction of sp³-hybridized carbons (Fsp3) is 0.241. The Morgan fingerprint density at radius 2 is 1.38 bits per heavy atom. The Labute approximate surface area is 174 Å². The summed E-state index contributed by atoms with van der Waals surface area (Å²) in [7, 11) is 0. The molecule has 0 saturated heterocycles. The normalized spacial score (nSPS) is 17.0. The molecule has 0 bridgehead atoms. The Morgan fingerprint density at radius 3 is 2.17 bits per heavy atom. The number of allylic oxidation sites excluding steroid dienone is 4. The van der Waals surface area contributed by atoms with Gasteiger partial charge in [-0.25, -0.2) is 0 Å². The quantitative estimate of drug-likeness (QED) is 0.425. The van der Waals surface area contributed by atoms with E-state index in [9.17, 15) is 0 Å². The molecule has 0 heterocycles. The Hall–Kier alpha value is -2.86. The highest BCUT2D eigenvalue weighted by Gasteiger charge is 2.35. The van der Waals surface area contributed by atoms with Gasteiger partial charge in [0.2, 0.25) is 0 Å².